The van der Waals surface area contributed by atoms with Crippen molar-refractivity contribution in [3.05, 3.63) is 115 Å². The minimum absolute atomic E-state index is 0.0495. The highest BCUT2D eigenvalue weighted by atomic mass is 35.5. The lowest BCUT2D eigenvalue weighted by molar-refractivity contribution is 0.0787. The van der Waals surface area contributed by atoms with Crippen LogP contribution in [-0.4, -0.2) is 25.1 Å². The molecule has 2 heterocycles. The molecule has 0 aliphatic heterocycles. The number of rotatable bonds is 6. The second kappa shape index (κ2) is 10.5. The van der Waals surface area contributed by atoms with E-state index in [9.17, 15) is 23.9 Å². The number of fused-ring (bicyclic) bond motifs is 4. The van der Waals surface area contributed by atoms with Crippen molar-refractivity contribution in [1.29, 1.82) is 0 Å². The Morgan fingerprint density at radius 3 is 2.44 bits per heavy atom. The molecule has 0 aliphatic rings. The summed E-state index contributed by atoms with van der Waals surface area (Å²) in [6.45, 7) is 8.35. The molecule has 5 rings (SSSR count). The van der Waals surface area contributed by atoms with Gasteiger partial charge in [0.05, 0.1) is 32.6 Å². The number of para-hydroxylation sites is 1. The summed E-state index contributed by atoms with van der Waals surface area (Å²) >= 11 is 6.88. The number of carbonyl (C=O) groups is 1. The van der Waals surface area contributed by atoms with Gasteiger partial charge in [-0.3, -0.25) is 14.2 Å². The Labute approximate surface area is 248 Å². The summed E-state index contributed by atoms with van der Waals surface area (Å²) in [4.78, 5) is 42.3. The number of aryl methyl sites for hydroxylation is 1. The first-order valence-corrected chi connectivity index (χ1v) is 13.5. The van der Waals surface area contributed by atoms with Crippen molar-refractivity contribution in [3.63, 3.8) is 0 Å². The molecule has 0 unspecified atom stereocenters. The average molecular weight is 605 g/mol. The van der Waals surface area contributed by atoms with E-state index in [1.165, 1.54) is 38.3 Å². The maximum atomic E-state index is 16.1. The lowest BCUT2D eigenvalue weighted by Gasteiger charge is -2.18. The highest BCUT2D eigenvalue weighted by Crippen LogP contribution is 2.41. The number of H-pyrrole nitrogens is 1. The van der Waals surface area contributed by atoms with Crippen LogP contribution in [0.5, 0.6) is 0 Å². The molecular weight excluding hydrogens is 578 g/mol. The number of hydrogen-bond donors (Lipinski definition) is 3. The first kappa shape index (κ1) is 29.7. The van der Waals surface area contributed by atoms with Gasteiger partial charge in [-0.1, -0.05) is 48.5 Å². The molecule has 0 saturated heterocycles. The van der Waals surface area contributed by atoms with Crippen LogP contribution in [0.1, 0.15) is 42.3 Å². The smallest absolute Gasteiger partial charge is 0.335 e. The van der Waals surface area contributed by atoms with Gasteiger partial charge >= 0.3 is 5.69 Å². The number of benzene rings is 3. The molecule has 0 saturated carbocycles. The summed E-state index contributed by atoms with van der Waals surface area (Å²) in [6.07, 6.45) is 2.77. The second-order valence-electron chi connectivity index (χ2n) is 10.7. The summed E-state index contributed by atoms with van der Waals surface area (Å²) in [7, 11) is 1.32. The van der Waals surface area contributed by atoms with Crippen LogP contribution in [0.3, 0.4) is 0 Å². The number of nitrogens with two attached hydrogens (primary N) is 1. The third kappa shape index (κ3) is 4.68. The van der Waals surface area contributed by atoms with Gasteiger partial charge in [-0.2, -0.15) is 0 Å². The number of aromatic nitrogens is 3. The Bertz CT molecular complexity index is 2220. The van der Waals surface area contributed by atoms with Gasteiger partial charge in [-0.15, -0.1) is 0 Å². The Hall–Kier alpha value is -4.80. The zero-order valence-corrected chi connectivity index (χ0v) is 24.4. The summed E-state index contributed by atoms with van der Waals surface area (Å²) in [6, 6.07) is 9.88. The topological polar surface area (TPSA) is 123 Å². The van der Waals surface area contributed by atoms with Crippen LogP contribution >= 0.6 is 11.6 Å². The van der Waals surface area contributed by atoms with Crippen molar-refractivity contribution < 1.29 is 18.7 Å². The molecule has 43 heavy (non-hydrogen) atoms. The number of hydrogen-bond acceptors (Lipinski definition) is 4. The SMILES string of the molecule is C=C/C=C(\C(Cl)=C(/C)n1c(=O)c2cccc(F)c2n(C)c1=O)c1c(F)cc(C(N)=O)c2[nH]c3cc(C(C)(C)O)ccc3c12. The van der Waals surface area contributed by atoms with Gasteiger partial charge in [0.1, 0.15) is 11.6 Å². The van der Waals surface area contributed by atoms with E-state index >= 15 is 4.39 Å². The molecule has 2 aromatic heterocycles. The van der Waals surface area contributed by atoms with Crippen LogP contribution in [0.4, 0.5) is 8.78 Å². The number of halogens is 3. The van der Waals surface area contributed by atoms with Crippen LogP contribution in [0.2, 0.25) is 0 Å². The fourth-order valence-electron chi connectivity index (χ4n) is 5.34. The number of allylic oxidation sites excluding steroid dienone is 5. The molecule has 8 nitrogen and oxygen atoms in total. The molecule has 0 radical (unpaired) electrons. The molecular formula is C32H27ClF2N4O4. The molecule has 220 valence electrons. The lowest BCUT2D eigenvalue weighted by atomic mass is 9.93. The minimum Gasteiger partial charge on any atom is -0.386 e. The van der Waals surface area contributed by atoms with Crippen LogP contribution < -0.4 is 17.0 Å². The van der Waals surface area contributed by atoms with Gasteiger partial charge in [0.15, 0.2) is 0 Å². The highest BCUT2D eigenvalue weighted by molar-refractivity contribution is 6.40. The van der Waals surface area contributed by atoms with E-state index in [2.05, 4.69) is 11.6 Å². The molecule has 3 aromatic carbocycles. The second-order valence-corrected chi connectivity index (χ2v) is 11.1. The van der Waals surface area contributed by atoms with Crippen molar-refractivity contribution in [3.8, 4) is 0 Å². The van der Waals surface area contributed by atoms with E-state index in [0.29, 0.717) is 16.5 Å². The van der Waals surface area contributed by atoms with Gasteiger partial charge in [-0.05, 0) is 50.6 Å². The number of aromatic amines is 1. The molecule has 0 spiro atoms. The predicted octanol–water partition coefficient (Wildman–Crippen LogP) is 5.64. The summed E-state index contributed by atoms with van der Waals surface area (Å²) < 4.78 is 32.4. The van der Waals surface area contributed by atoms with Crippen LogP contribution in [-0.2, 0) is 12.6 Å². The van der Waals surface area contributed by atoms with E-state index in [1.54, 1.807) is 32.0 Å². The fourth-order valence-corrected chi connectivity index (χ4v) is 5.58. The van der Waals surface area contributed by atoms with Gasteiger partial charge in [0.25, 0.3) is 11.5 Å². The average Bonchev–Trinajstić information content (AvgIpc) is 3.32. The summed E-state index contributed by atoms with van der Waals surface area (Å²) in [5.74, 6) is -2.48. The molecule has 0 bridgehead atoms. The van der Waals surface area contributed by atoms with Crippen molar-refractivity contribution in [2.24, 2.45) is 12.8 Å². The van der Waals surface area contributed by atoms with Crippen LogP contribution in [0.15, 0.2) is 75.8 Å². The summed E-state index contributed by atoms with van der Waals surface area (Å²) in [5.41, 5.74) is 3.67. The number of carbonyl (C=O) groups excluding carboxylic acids is 1. The number of amides is 1. The molecule has 4 N–H and O–H groups in total. The number of nitrogens with one attached hydrogen (secondary N) is 1. The zero-order valence-electron chi connectivity index (χ0n) is 23.7. The van der Waals surface area contributed by atoms with Crippen molar-refractivity contribution in [1.82, 2.24) is 14.1 Å². The molecule has 11 heteroatoms. The van der Waals surface area contributed by atoms with E-state index in [1.807, 2.05) is 0 Å². The number of primary amides is 1. The largest absolute Gasteiger partial charge is 0.386 e. The number of nitrogens with zero attached hydrogens (tertiary/aromatic N) is 2. The van der Waals surface area contributed by atoms with E-state index < -0.39 is 34.4 Å². The maximum absolute atomic E-state index is 16.1. The molecule has 5 aromatic rings. The number of aliphatic hydroxyl groups is 1. The van der Waals surface area contributed by atoms with Crippen molar-refractivity contribution in [2.45, 2.75) is 26.4 Å². The highest BCUT2D eigenvalue weighted by Gasteiger charge is 2.26. The molecule has 1 amide bonds. The predicted molar refractivity (Wildman–Crippen MR) is 166 cm³/mol. The van der Waals surface area contributed by atoms with Crippen molar-refractivity contribution in [2.75, 3.05) is 0 Å². The van der Waals surface area contributed by atoms with E-state index in [-0.39, 0.29) is 49.2 Å². The Morgan fingerprint density at radius 2 is 1.81 bits per heavy atom. The first-order chi connectivity index (χ1) is 20.2. The monoisotopic (exact) mass is 604 g/mol. The quantitative estimate of drug-likeness (QED) is 0.217. The Morgan fingerprint density at radius 1 is 1.12 bits per heavy atom. The van der Waals surface area contributed by atoms with Gasteiger partial charge < -0.3 is 15.8 Å². The van der Waals surface area contributed by atoms with E-state index in [4.69, 9.17) is 17.3 Å². The van der Waals surface area contributed by atoms with Crippen LogP contribution in [0.25, 0.3) is 44.0 Å². The van der Waals surface area contributed by atoms with Crippen LogP contribution in [0, 0.1) is 11.6 Å². The standard InChI is InChI=1S/C32H27ClF2N4O4/c1-6-8-18(26(33)15(2)39-30(41)19-9-7-10-21(34)28(19)38(5)31(39)42)24-22(35)14-20(29(36)40)27-25(24)17-12-11-16(32(3,4)43)13-23(17)37-27/h6-14,37,43H,1H2,2-5H3,(H2,36,40)/b18-8-,26-15-. The third-order valence-electron chi connectivity index (χ3n) is 7.48. The fraction of sp³-hybridized carbons (Fsp3) is 0.156. The first-order valence-electron chi connectivity index (χ1n) is 13.1. The normalized spacial score (nSPS) is 13.2. The van der Waals surface area contributed by atoms with Crippen molar-refractivity contribution >= 4 is 61.5 Å². The molecule has 0 atom stereocenters. The van der Waals surface area contributed by atoms with Gasteiger partial charge in [-0.25, -0.2) is 18.1 Å². The minimum atomic E-state index is -1.19. The lowest BCUT2D eigenvalue weighted by Crippen LogP contribution is -2.38. The third-order valence-corrected chi connectivity index (χ3v) is 7.95. The molecule has 0 fully saturated rings. The van der Waals surface area contributed by atoms with E-state index in [0.717, 1.165) is 21.3 Å². The Kier molecular flexibility index (Phi) is 7.24. The molecule has 0 aliphatic carbocycles. The van der Waals surface area contributed by atoms with Gasteiger partial charge in [0.2, 0.25) is 0 Å². The Balaban J connectivity index is 1.89. The zero-order chi connectivity index (χ0) is 31.5. The maximum Gasteiger partial charge on any atom is 0.335 e. The van der Waals surface area contributed by atoms with Gasteiger partial charge in [0, 0.05) is 40.2 Å². The summed E-state index contributed by atoms with van der Waals surface area (Å²) in [5, 5.41) is 11.1.